The number of benzene rings is 1. The summed E-state index contributed by atoms with van der Waals surface area (Å²) in [4.78, 5) is 25.7. The van der Waals surface area contributed by atoms with Crippen molar-refractivity contribution < 1.29 is 14.7 Å². The molecule has 5 heteroatoms. The molecule has 0 spiro atoms. The summed E-state index contributed by atoms with van der Waals surface area (Å²) in [7, 11) is 0. The van der Waals surface area contributed by atoms with Gasteiger partial charge < -0.3 is 10.4 Å². The third-order valence-corrected chi connectivity index (χ3v) is 4.13. The lowest BCUT2D eigenvalue weighted by molar-refractivity contribution is -0.145. The lowest BCUT2D eigenvalue weighted by Crippen LogP contribution is -2.37. The summed E-state index contributed by atoms with van der Waals surface area (Å²) in [5.74, 6) is -2.09. The van der Waals surface area contributed by atoms with Crippen LogP contribution in [0.3, 0.4) is 0 Å². The number of nitrogens with one attached hydrogen (secondary N) is 1. The fraction of sp³-hybridized carbons (Fsp3) is 0.529. The molecular weight excluding hydrogens is 280 g/mol. The molecular formula is C17H24N2O3. The van der Waals surface area contributed by atoms with Gasteiger partial charge in [0.2, 0.25) is 5.91 Å². The number of nitrogens with zero attached hydrogens (tertiary/aromatic N) is 1. The highest BCUT2D eigenvalue weighted by molar-refractivity contribution is 5.85. The van der Waals surface area contributed by atoms with Crippen LogP contribution in [0.15, 0.2) is 30.3 Å². The van der Waals surface area contributed by atoms with Gasteiger partial charge in [0.05, 0.1) is 11.8 Å². The zero-order chi connectivity index (χ0) is 15.9. The van der Waals surface area contributed by atoms with Gasteiger partial charge in [-0.3, -0.25) is 14.5 Å². The summed E-state index contributed by atoms with van der Waals surface area (Å²) in [5.41, 5.74) is 1.14. The van der Waals surface area contributed by atoms with E-state index in [1.165, 1.54) is 0 Å². The number of carbonyl (C=O) groups excluding carboxylic acids is 1. The molecule has 120 valence electrons. The second kappa shape index (κ2) is 7.94. The maximum Gasteiger partial charge on any atom is 0.308 e. The van der Waals surface area contributed by atoms with Gasteiger partial charge in [0.1, 0.15) is 0 Å². The molecule has 1 amide bonds. The molecule has 1 aromatic rings. The number of carbonyl (C=O) groups is 2. The number of aliphatic carboxylic acids is 1. The molecule has 1 fully saturated rings. The van der Waals surface area contributed by atoms with Gasteiger partial charge in [0.25, 0.3) is 0 Å². The molecule has 0 unspecified atom stereocenters. The number of amides is 1. The van der Waals surface area contributed by atoms with Crippen molar-refractivity contribution in [2.45, 2.75) is 26.3 Å². The molecule has 22 heavy (non-hydrogen) atoms. The fourth-order valence-electron chi connectivity index (χ4n) is 2.89. The molecule has 2 atom stereocenters. The van der Waals surface area contributed by atoms with Gasteiger partial charge in [-0.25, -0.2) is 0 Å². The molecule has 2 N–H and O–H groups in total. The van der Waals surface area contributed by atoms with Crippen LogP contribution in [0.4, 0.5) is 0 Å². The Bertz CT molecular complexity index is 504. The van der Waals surface area contributed by atoms with Crippen LogP contribution in [0.5, 0.6) is 0 Å². The molecule has 1 aliphatic heterocycles. The highest BCUT2D eigenvalue weighted by Gasteiger charge is 2.41. The second-order valence-electron chi connectivity index (χ2n) is 5.88. The van der Waals surface area contributed by atoms with Crippen LogP contribution < -0.4 is 5.32 Å². The van der Waals surface area contributed by atoms with Crippen LogP contribution in [0, 0.1) is 11.8 Å². The fourth-order valence-corrected chi connectivity index (χ4v) is 2.89. The van der Waals surface area contributed by atoms with Crippen molar-refractivity contribution in [3.05, 3.63) is 35.9 Å². The predicted molar refractivity (Wildman–Crippen MR) is 84.3 cm³/mol. The summed E-state index contributed by atoms with van der Waals surface area (Å²) < 4.78 is 0. The zero-order valence-corrected chi connectivity index (χ0v) is 13.0. The zero-order valence-electron chi connectivity index (χ0n) is 13.0. The lowest BCUT2D eigenvalue weighted by Gasteiger charge is -2.15. The summed E-state index contributed by atoms with van der Waals surface area (Å²) in [6, 6.07) is 9.93. The second-order valence-corrected chi connectivity index (χ2v) is 5.88. The highest BCUT2D eigenvalue weighted by Crippen LogP contribution is 2.25. The topological polar surface area (TPSA) is 69.6 Å². The minimum absolute atomic E-state index is 0.128. The average molecular weight is 304 g/mol. The normalized spacial score (nSPS) is 21.7. The van der Waals surface area contributed by atoms with Gasteiger partial charge in [0.15, 0.2) is 0 Å². The molecule has 1 heterocycles. The number of carboxylic acid groups (broad SMARTS) is 1. The Morgan fingerprint density at radius 3 is 2.55 bits per heavy atom. The maximum atomic E-state index is 12.2. The summed E-state index contributed by atoms with van der Waals surface area (Å²) in [5, 5.41) is 12.2. The van der Waals surface area contributed by atoms with Gasteiger partial charge >= 0.3 is 5.97 Å². The van der Waals surface area contributed by atoms with Crippen LogP contribution in [0.2, 0.25) is 0 Å². The lowest BCUT2D eigenvalue weighted by atomic mass is 9.95. The van der Waals surface area contributed by atoms with Crippen molar-refractivity contribution in [1.82, 2.24) is 10.2 Å². The molecule has 0 aliphatic carbocycles. The highest BCUT2D eigenvalue weighted by atomic mass is 16.4. The smallest absolute Gasteiger partial charge is 0.308 e. The van der Waals surface area contributed by atoms with E-state index in [4.69, 9.17) is 0 Å². The van der Waals surface area contributed by atoms with Gasteiger partial charge in [-0.1, -0.05) is 43.7 Å². The molecule has 0 radical (unpaired) electrons. The van der Waals surface area contributed by atoms with Crippen molar-refractivity contribution in [2.75, 3.05) is 19.6 Å². The van der Waals surface area contributed by atoms with E-state index < -0.39 is 17.8 Å². The Morgan fingerprint density at radius 1 is 1.23 bits per heavy atom. The van der Waals surface area contributed by atoms with Crippen molar-refractivity contribution in [3.63, 3.8) is 0 Å². The minimum Gasteiger partial charge on any atom is -0.481 e. The van der Waals surface area contributed by atoms with E-state index in [0.29, 0.717) is 26.2 Å². The first-order valence-electron chi connectivity index (χ1n) is 7.88. The van der Waals surface area contributed by atoms with E-state index in [2.05, 4.69) is 17.1 Å². The number of hydrogen-bond acceptors (Lipinski definition) is 3. The summed E-state index contributed by atoms with van der Waals surface area (Å²) in [6.07, 6.45) is 1.93. The molecule has 1 saturated heterocycles. The molecule has 1 aromatic carbocycles. The summed E-state index contributed by atoms with van der Waals surface area (Å²) >= 11 is 0. The van der Waals surface area contributed by atoms with Crippen molar-refractivity contribution in [3.8, 4) is 0 Å². The molecule has 0 aromatic heterocycles. The van der Waals surface area contributed by atoms with Crippen LogP contribution in [0.1, 0.15) is 25.3 Å². The Morgan fingerprint density at radius 2 is 1.91 bits per heavy atom. The number of rotatable bonds is 7. The maximum absolute atomic E-state index is 12.2. The number of unbranched alkanes of at least 4 members (excludes halogenated alkanes) is 1. The Labute approximate surface area is 131 Å². The van der Waals surface area contributed by atoms with Gasteiger partial charge in [-0.05, 0) is 12.0 Å². The van der Waals surface area contributed by atoms with E-state index in [1.807, 2.05) is 30.3 Å². The van der Waals surface area contributed by atoms with E-state index in [0.717, 1.165) is 18.4 Å². The SMILES string of the molecule is CCCCNC(=O)[C@@H]1CN(Cc2ccccc2)C[C@@H]1C(=O)O. The third kappa shape index (κ3) is 4.31. The standard InChI is InChI=1S/C17H24N2O3/c1-2-3-9-18-16(20)14-11-19(12-15(14)17(21)22)10-13-7-5-4-6-8-13/h4-8,14-15H,2-3,9-12H2,1H3,(H,18,20)(H,21,22)/t14-,15+/m1/s1. The van der Waals surface area contributed by atoms with Gasteiger partial charge in [-0.2, -0.15) is 0 Å². The van der Waals surface area contributed by atoms with Gasteiger partial charge in [-0.15, -0.1) is 0 Å². The molecule has 0 saturated carbocycles. The molecule has 0 bridgehead atoms. The third-order valence-electron chi connectivity index (χ3n) is 4.13. The van der Waals surface area contributed by atoms with Crippen LogP contribution in [0.25, 0.3) is 0 Å². The first-order chi connectivity index (χ1) is 10.6. The quantitative estimate of drug-likeness (QED) is 0.753. The largest absolute Gasteiger partial charge is 0.481 e. The van der Waals surface area contributed by atoms with Crippen molar-refractivity contribution >= 4 is 11.9 Å². The first kappa shape index (κ1) is 16.5. The number of carboxylic acids is 1. The molecule has 5 nitrogen and oxygen atoms in total. The van der Waals surface area contributed by atoms with Crippen molar-refractivity contribution in [2.24, 2.45) is 11.8 Å². The van der Waals surface area contributed by atoms with Crippen LogP contribution in [-0.4, -0.2) is 41.5 Å². The Hall–Kier alpha value is -1.88. The molecule has 1 aliphatic rings. The Kier molecular flexibility index (Phi) is 5.95. The number of hydrogen-bond donors (Lipinski definition) is 2. The Balaban J connectivity index is 1.97. The minimum atomic E-state index is -0.883. The van der Waals surface area contributed by atoms with E-state index in [9.17, 15) is 14.7 Å². The van der Waals surface area contributed by atoms with Gasteiger partial charge in [0, 0.05) is 26.2 Å². The molecule has 2 rings (SSSR count). The van der Waals surface area contributed by atoms with E-state index in [1.54, 1.807) is 0 Å². The predicted octanol–water partition coefficient (Wildman–Crippen LogP) is 1.74. The first-order valence-corrected chi connectivity index (χ1v) is 7.88. The van der Waals surface area contributed by atoms with E-state index >= 15 is 0 Å². The monoisotopic (exact) mass is 304 g/mol. The van der Waals surface area contributed by atoms with Crippen LogP contribution in [-0.2, 0) is 16.1 Å². The summed E-state index contributed by atoms with van der Waals surface area (Å²) in [6.45, 7) is 4.30. The van der Waals surface area contributed by atoms with Crippen LogP contribution >= 0.6 is 0 Å². The number of likely N-dealkylation sites (tertiary alicyclic amines) is 1. The van der Waals surface area contributed by atoms with E-state index in [-0.39, 0.29) is 5.91 Å². The average Bonchev–Trinajstić information content (AvgIpc) is 2.92. The van der Waals surface area contributed by atoms with Crippen molar-refractivity contribution in [1.29, 1.82) is 0 Å².